The van der Waals surface area contributed by atoms with Crippen LogP contribution in [0.1, 0.15) is 83.6 Å². The van der Waals surface area contributed by atoms with Crippen molar-refractivity contribution in [2.75, 3.05) is 25.0 Å². The first-order valence-corrected chi connectivity index (χ1v) is 12.1. The summed E-state index contributed by atoms with van der Waals surface area (Å²) in [6, 6.07) is 9.55. The summed E-state index contributed by atoms with van der Waals surface area (Å²) in [6.45, 7) is 12.6. The summed E-state index contributed by atoms with van der Waals surface area (Å²) < 4.78 is 0. The average molecular weight is 395 g/mol. The third-order valence-corrected chi connectivity index (χ3v) is 6.89. The fourth-order valence-electron chi connectivity index (χ4n) is 4.97. The van der Waals surface area contributed by atoms with Gasteiger partial charge in [-0.1, -0.05) is 49.3 Å². The van der Waals surface area contributed by atoms with Gasteiger partial charge in [0.25, 0.3) is 0 Å². The van der Waals surface area contributed by atoms with Gasteiger partial charge < -0.3 is 10.2 Å². The Bertz CT molecular complexity index is 680. The lowest BCUT2D eigenvalue weighted by molar-refractivity contribution is 0.217. The van der Waals surface area contributed by atoms with E-state index in [1.165, 1.54) is 107 Å². The highest BCUT2D eigenvalue weighted by Crippen LogP contribution is 2.31. The molecule has 1 N–H and O–H groups in total. The lowest BCUT2D eigenvalue weighted by Crippen LogP contribution is -2.39. The van der Waals surface area contributed by atoms with Crippen LogP contribution in [-0.4, -0.2) is 30.6 Å². The number of nitrogens with one attached hydrogen (secondary N) is 1. The Hall–Kier alpha value is -1.54. The maximum Gasteiger partial charge on any atom is 0.0374 e. The molecule has 29 heavy (non-hydrogen) atoms. The van der Waals surface area contributed by atoms with Crippen molar-refractivity contribution in [3.05, 3.63) is 53.1 Å². The Labute approximate surface area is 179 Å². The summed E-state index contributed by atoms with van der Waals surface area (Å²) in [5.41, 5.74) is 7.48. The molecule has 0 unspecified atom stereocenters. The molecule has 0 spiro atoms. The van der Waals surface area contributed by atoms with Gasteiger partial charge in [-0.15, -0.1) is 0 Å². The van der Waals surface area contributed by atoms with Gasteiger partial charge in [0, 0.05) is 24.8 Å². The lowest BCUT2D eigenvalue weighted by atomic mass is 9.86. The summed E-state index contributed by atoms with van der Waals surface area (Å²) in [5, 5.41) is 3.86. The number of unbranched alkanes of at least 4 members (excludes halogenated alkanes) is 1. The maximum atomic E-state index is 4.30. The molecular formula is C27H42N2. The summed E-state index contributed by atoms with van der Waals surface area (Å²) in [6.07, 6.45) is 14.0. The molecule has 0 radical (unpaired) electrons. The molecule has 2 fully saturated rings. The van der Waals surface area contributed by atoms with E-state index >= 15 is 0 Å². The molecule has 3 rings (SSSR count). The number of hydrogen-bond acceptors (Lipinski definition) is 2. The number of piperidine rings is 1. The van der Waals surface area contributed by atoms with E-state index in [-0.39, 0.29) is 0 Å². The van der Waals surface area contributed by atoms with E-state index in [9.17, 15) is 0 Å². The third kappa shape index (κ3) is 6.74. The molecule has 1 aliphatic heterocycles. The molecular weight excluding hydrogens is 352 g/mol. The largest absolute Gasteiger partial charge is 0.382 e. The quantitative estimate of drug-likeness (QED) is 0.479. The van der Waals surface area contributed by atoms with E-state index in [4.69, 9.17) is 0 Å². The van der Waals surface area contributed by atoms with Crippen LogP contribution < -0.4 is 5.32 Å². The molecule has 2 heteroatoms. The van der Waals surface area contributed by atoms with Crippen LogP contribution in [-0.2, 0) is 6.42 Å². The fourth-order valence-corrected chi connectivity index (χ4v) is 4.97. The van der Waals surface area contributed by atoms with E-state index in [1.807, 2.05) is 0 Å². The van der Waals surface area contributed by atoms with Crippen LogP contribution in [0, 0.1) is 0 Å². The second kappa shape index (κ2) is 11.6. The van der Waals surface area contributed by atoms with Crippen LogP contribution in [0.25, 0.3) is 0 Å². The van der Waals surface area contributed by atoms with E-state index in [0.29, 0.717) is 6.04 Å². The third-order valence-electron chi connectivity index (χ3n) is 6.89. The van der Waals surface area contributed by atoms with Crippen molar-refractivity contribution in [2.24, 2.45) is 0 Å². The van der Waals surface area contributed by atoms with E-state index in [0.717, 1.165) is 0 Å². The highest BCUT2D eigenvalue weighted by Gasteiger charge is 2.19. The number of rotatable bonds is 9. The average Bonchev–Trinajstić information content (AvgIpc) is 2.74. The summed E-state index contributed by atoms with van der Waals surface area (Å²) >= 11 is 0. The smallest absolute Gasteiger partial charge is 0.0374 e. The summed E-state index contributed by atoms with van der Waals surface area (Å²) in [4.78, 5) is 2.68. The van der Waals surface area contributed by atoms with Gasteiger partial charge in [-0.25, -0.2) is 0 Å². The van der Waals surface area contributed by atoms with Crippen LogP contribution in [0.2, 0.25) is 0 Å². The number of likely N-dealkylation sites (tertiary alicyclic amines) is 1. The van der Waals surface area contributed by atoms with Gasteiger partial charge in [0.05, 0.1) is 0 Å². The highest BCUT2D eigenvalue weighted by atomic mass is 15.1. The predicted octanol–water partition coefficient (Wildman–Crippen LogP) is 7.13. The Kier molecular flexibility index (Phi) is 8.86. The summed E-state index contributed by atoms with van der Waals surface area (Å²) in [7, 11) is 0. The van der Waals surface area contributed by atoms with Gasteiger partial charge in [-0.2, -0.15) is 0 Å². The number of aryl methyl sites for hydroxylation is 1. The van der Waals surface area contributed by atoms with Gasteiger partial charge in [-0.3, -0.25) is 0 Å². The second-order valence-corrected chi connectivity index (χ2v) is 9.19. The molecule has 1 aliphatic carbocycles. The van der Waals surface area contributed by atoms with Gasteiger partial charge in [-0.05, 0) is 94.9 Å². The van der Waals surface area contributed by atoms with Crippen molar-refractivity contribution in [3.8, 4) is 0 Å². The molecule has 0 atom stereocenters. The van der Waals surface area contributed by atoms with Crippen molar-refractivity contribution in [1.29, 1.82) is 0 Å². The van der Waals surface area contributed by atoms with Crippen molar-refractivity contribution >= 4 is 5.69 Å². The Morgan fingerprint density at radius 1 is 1.10 bits per heavy atom. The topological polar surface area (TPSA) is 15.3 Å². The first-order valence-electron chi connectivity index (χ1n) is 12.1. The van der Waals surface area contributed by atoms with Crippen molar-refractivity contribution < 1.29 is 0 Å². The van der Waals surface area contributed by atoms with Crippen LogP contribution in [0.3, 0.4) is 0 Å². The normalized spacial score (nSPS) is 20.7. The zero-order valence-corrected chi connectivity index (χ0v) is 18.9. The van der Waals surface area contributed by atoms with Crippen LogP contribution in [0.5, 0.6) is 0 Å². The van der Waals surface area contributed by atoms with Crippen molar-refractivity contribution in [3.63, 3.8) is 0 Å². The monoisotopic (exact) mass is 394 g/mol. The first-order chi connectivity index (χ1) is 14.2. The first kappa shape index (κ1) is 22.2. The van der Waals surface area contributed by atoms with E-state index in [1.54, 1.807) is 11.1 Å². The molecule has 1 saturated heterocycles. The highest BCUT2D eigenvalue weighted by molar-refractivity contribution is 5.52. The Balaban J connectivity index is 1.40. The number of benzene rings is 1. The molecule has 1 saturated carbocycles. The zero-order chi connectivity index (χ0) is 20.5. The number of para-hydroxylation sites is 1. The molecule has 1 aromatic carbocycles. The summed E-state index contributed by atoms with van der Waals surface area (Å²) in [5.74, 6) is 0. The molecule has 0 amide bonds. The Morgan fingerprint density at radius 2 is 1.86 bits per heavy atom. The van der Waals surface area contributed by atoms with Gasteiger partial charge >= 0.3 is 0 Å². The predicted molar refractivity (Wildman–Crippen MR) is 128 cm³/mol. The molecule has 160 valence electrons. The minimum absolute atomic E-state index is 0.628. The molecule has 2 aliphatic rings. The minimum Gasteiger partial charge on any atom is -0.382 e. The number of anilines is 1. The van der Waals surface area contributed by atoms with Gasteiger partial charge in [0.15, 0.2) is 0 Å². The van der Waals surface area contributed by atoms with E-state index in [2.05, 4.69) is 54.9 Å². The molecule has 1 aromatic rings. The number of allylic oxidation sites excluding steroid dienone is 3. The zero-order valence-electron chi connectivity index (χ0n) is 18.9. The van der Waals surface area contributed by atoms with E-state index < -0.39 is 0 Å². The molecule has 0 bridgehead atoms. The van der Waals surface area contributed by atoms with Crippen LogP contribution in [0.15, 0.2) is 47.6 Å². The van der Waals surface area contributed by atoms with Crippen molar-refractivity contribution in [2.45, 2.75) is 90.5 Å². The minimum atomic E-state index is 0.628. The van der Waals surface area contributed by atoms with Crippen LogP contribution >= 0.6 is 0 Å². The number of hydrogen-bond donors (Lipinski definition) is 1. The van der Waals surface area contributed by atoms with Gasteiger partial charge in [0.2, 0.25) is 0 Å². The molecule has 2 nitrogen and oxygen atoms in total. The molecule has 0 aromatic heterocycles. The second-order valence-electron chi connectivity index (χ2n) is 9.19. The fraction of sp³-hybridized carbons (Fsp3) is 0.630. The Morgan fingerprint density at radius 3 is 2.62 bits per heavy atom. The number of nitrogens with zero attached hydrogens (tertiary/aromatic N) is 1. The molecule has 1 heterocycles. The maximum absolute atomic E-state index is 4.30. The standard InChI is InChI=1S/C27H42N2/c1-4-5-13-24-14-7-9-16-27(24)28-25-17-20-29(21-18-25)19-10-12-23(3)26-15-8-6-11-22(26)2/h7,9,14,16,25,28H,2,4-6,8,10-13,15,17-21H2,1,3H3/b26-23+. The lowest BCUT2D eigenvalue weighted by Gasteiger charge is -2.33. The van der Waals surface area contributed by atoms with Crippen molar-refractivity contribution in [1.82, 2.24) is 4.90 Å². The van der Waals surface area contributed by atoms with Gasteiger partial charge in [0.1, 0.15) is 0 Å². The van der Waals surface area contributed by atoms with Crippen LogP contribution in [0.4, 0.5) is 5.69 Å². The SMILES string of the molecule is C=C1CCCC/C1=C(/C)CCCN1CCC(Nc2ccccc2CCCC)CC1.